The Morgan fingerprint density at radius 2 is 1.76 bits per heavy atom. The van der Waals surface area contributed by atoms with Gasteiger partial charge in [-0.1, -0.05) is 29.3 Å². The number of aromatic amines is 1. The summed E-state index contributed by atoms with van der Waals surface area (Å²) in [6.45, 7) is 6.78. The molecule has 244 valence electrons. The van der Waals surface area contributed by atoms with Crippen LogP contribution >= 0.6 is 23.2 Å². The molecule has 1 aromatic heterocycles. The number of fused-ring (bicyclic) bond motifs is 1. The van der Waals surface area contributed by atoms with Crippen LogP contribution in [0, 0.1) is 13.8 Å². The maximum absolute atomic E-state index is 13.6. The van der Waals surface area contributed by atoms with Crippen molar-refractivity contribution in [2.24, 2.45) is 0 Å². The highest BCUT2D eigenvalue weighted by Crippen LogP contribution is 2.37. The number of aryl methyl sites for hydroxylation is 1. The van der Waals surface area contributed by atoms with Crippen molar-refractivity contribution in [2.75, 3.05) is 31.5 Å². The highest BCUT2D eigenvalue weighted by Gasteiger charge is 2.33. The molecule has 0 aliphatic carbocycles. The van der Waals surface area contributed by atoms with E-state index in [0.717, 1.165) is 49.3 Å². The van der Waals surface area contributed by atoms with Gasteiger partial charge in [-0.3, -0.25) is 9.59 Å². The third-order valence-corrected chi connectivity index (χ3v) is 11.8. The van der Waals surface area contributed by atoms with Crippen molar-refractivity contribution in [3.8, 4) is 0 Å². The van der Waals surface area contributed by atoms with Crippen LogP contribution in [0.4, 0.5) is 10.1 Å². The molecule has 4 heterocycles. The normalized spacial score (nSPS) is 20.0. The number of carbonyl (C=O) groups excluding carboxylic acids is 2. The smallest absolute Gasteiger partial charge is 0.256 e. The molecule has 8 nitrogen and oxygen atoms in total. The third kappa shape index (κ3) is 6.63. The van der Waals surface area contributed by atoms with Gasteiger partial charge in [-0.2, -0.15) is 0 Å². The summed E-state index contributed by atoms with van der Waals surface area (Å²) in [6.07, 6.45) is 4.23. The average Bonchev–Trinajstić information content (AvgIpc) is 3.68. The molecule has 2 fully saturated rings. The molecule has 0 radical (unpaired) electrons. The SMILES string of the molecule is Cc1[nH]c(/C=C2\C(=O)Nc3ccc(S(=O)(=O)Cc4c(Cl)cccc4Cl)cc32)c(C)c1CC(=O)N1CCC[C@H]1CN1CCC(F)CC1. The van der Waals surface area contributed by atoms with Crippen LogP contribution in [0.1, 0.15) is 59.3 Å². The Labute approximate surface area is 278 Å². The van der Waals surface area contributed by atoms with Crippen LogP contribution in [0.3, 0.4) is 0 Å². The lowest BCUT2D eigenvalue weighted by Crippen LogP contribution is -2.46. The number of piperidine rings is 1. The fourth-order valence-electron chi connectivity index (χ4n) is 6.81. The predicted molar refractivity (Wildman–Crippen MR) is 180 cm³/mol. The van der Waals surface area contributed by atoms with Gasteiger partial charge in [0.15, 0.2) is 9.84 Å². The summed E-state index contributed by atoms with van der Waals surface area (Å²) in [5.74, 6) is -0.672. The van der Waals surface area contributed by atoms with Gasteiger partial charge >= 0.3 is 0 Å². The molecule has 46 heavy (non-hydrogen) atoms. The summed E-state index contributed by atoms with van der Waals surface area (Å²) in [5.41, 5.74) is 4.88. The lowest BCUT2D eigenvalue weighted by Gasteiger charge is -2.34. The van der Waals surface area contributed by atoms with Gasteiger partial charge in [0.05, 0.1) is 22.6 Å². The van der Waals surface area contributed by atoms with Crippen LogP contribution in [0.2, 0.25) is 10.0 Å². The van der Waals surface area contributed by atoms with Gasteiger partial charge in [-0.25, -0.2) is 12.8 Å². The second-order valence-electron chi connectivity index (χ2n) is 12.5. The molecule has 3 aromatic rings. The zero-order valence-corrected chi connectivity index (χ0v) is 28.2. The number of H-pyrrole nitrogens is 1. The standard InChI is InChI=1S/C34H37Cl2FN4O4S/c1-20-25(17-33(42)41-12-4-5-23(41)18-40-13-10-22(37)11-14-40)21(2)38-32(20)16-27-26-15-24(8-9-31(26)39-34(27)43)46(44,45)19-28-29(35)6-3-7-30(28)36/h3,6-9,15-16,22-23,38H,4-5,10-14,17-19H2,1-2H3,(H,39,43)/b27-16-/t23-/m0/s1. The Bertz CT molecular complexity index is 1810. The summed E-state index contributed by atoms with van der Waals surface area (Å²) in [5, 5.41) is 3.35. The number of carbonyl (C=O) groups is 2. The minimum atomic E-state index is -3.85. The van der Waals surface area contributed by atoms with E-state index in [4.69, 9.17) is 23.2 Å². The molecule has 6 rings (SSSR count). The molecule has 0 unspecified atom stereocenters. The molecule has 2 aromatic carbocycles. The second-order valence-corrected chi connectivity index (χ2v) is 15.3. The number of alkyl halides is 1. The van der Waals surface area contributed by atoms with Crippen LogP contribution in [-0.4, -0.2) is 73.4 Å². The Morgan fingerprint density at radius 1 is 1.04 bits per heavy atom. The van der Waals surface area contributed by atoms with Crippen molar-refractivity contribution in [1.82, 2.24) is 14.8 Å². The maximum atomic E-state index is 13.6. The summed E-state index contributed by atoms with van der Waals surface area (Å²) in [7, 11) is -3.85. The van der Waals surface area contributed by atoms with Crippen molar-refractivity contribution in [2.45, 2.75) is 68.8 Å². The van der Waals surface area contributed by atoms with E-state index in [2.05, 4.69) is 15.2 Å². The molecule has 2 N–H and O–H groups in total. The molecule has 2 saturated heterocycles. The number of aromatic nitrogens is 1. The summed E-state index contributed by atoms with van der Waals surface area (Å²) < 4.78 is 40.5. The third-order valence-electron chi connectivity index (χ3n) is 9.46. The topological polar surface area (TPSA) is 103 Å². The van der Waals surface area contributed by atoms with Gasteiger partial charge in [0.2, 0.25) is 5.91 Å². The summed E-state index contributed by atoms with van der Waals surface area (Å²) >= 11 is 12.5. The first-order chi connectivity index (χ1) is 21.9. The number of nitrogens with zero attached hydrogens (tertiary/aromatic N) is 2. The minimum absolute atomic E-state index is 0.0459. The van der Waals surface area contributed by atoms with Crippen LogP contribution in [0.5, 0.6) is 0 Å². The first-order valence-electron chi connectivity index (χ1n) is 15.6. The van der Waals surface area contributed by atoms with E-state index >= 15 is 0 Å². The predicted octanol–water partition coefficient (Wildman–Crippen LogP) is 6.37. The second kappa shape index (κ2) is 13.1. The molecule has 0 saturated carbocycles. The zero-order valence-electron chi connectivity index (χ0n) is 25.8. The molecule has 12 heteroatoms. The summed E-state index contributed by atoms with van der Waals surface area (Å²) in [4.78, 5) is 34.3. The monoisotopic (exact) mass is 686 g/mol. The van der Waals surface area contributed by atoms with Crippen LogP contribution in [0.15, 0.2) is 41.3 Å². The number of amides is 2. The van der Waals surface area contributed by atoms with Gasteiger partial charge in [-0.15, -0.1) is 0 Å². The van der Waals surface area contributed by atoms with Gasteiger partial charge < -0.3 is 20.1 Å². The van der Waals surface area contributed by atoms with E-state index in [1.165, 1.54) is 12.1 Å². The van der Waals surface area contributed by atoms with E-state index in [9.17, 15) is 22.4 Å². The van der Waals surface area contributed by atoms with Crippen molar-refractivity contribution < 1.29 is 22.4 Å². The lowest BCUT2D eigenvalue weighted by molar-refractivity contribution is -0.131. The van der Waals surface area contributed by atoms with E-state index in [1.807, 2.05) is 18.7 Å². The Balaban J connectivity index is 1.22. The zero-order chi connectivity index (χ0) is 32.7. The van der Waals surface area contributed by atoms with Gasteiger partial charge in [0.25, 0.3) is 5.91 Å². The molecule has 3 aliphatic heterocycles. The van der Waals surface area contributed by atoms with Gasteiger partial charge in [-0.05, 0) is 87.1 Å². The fourth-order valence-corrected chi connectivity index (χ4v) is 8.93. The first kappa shape index (κ1) is 32.7. The Hall–Kier alpha value is -3.18. The molecule has 0 bridgehead atoms. The van der Waals surface area contributed by atoms with Gasteiger partial charge in [0.1, 0.15) is 6.17 Å². The van der Waals surface area contributed by atoms with E-state index < -0.39 is 16.0 Å². The highest BCUT2D eigenvalue weighted by molar-refractivity contribution is 7.90. The largest absolute Gasteiger partial charge is 0.359 e. The van der Waals surface area contributed by atoms with Crippen LogP contribution in [-0.2, 0) is 31.6 Å². The number of hydrogen-bond acceptors (Lipinski definition) is 5. The number of benzene rings is 2. The number of hydrogen-bond donors (Lipinski definition) is 2. The highest BCUT2D eigenvalue weighted by atomic mass is 35.5. The fraction of sp³-hybridized carbons (Fsp3) is 0.412. The average molecular weight is 688 g/mol. The number of anilines is 1. The molecule has 1 atom stereocenters. The number of likely N-dealkylation sites (tertiary alicyclic amines) is 2. The van der Waals surface area contributed by atoms with E-state index in [0.29, 0.717) is 47.5 Å². The molecular weight excluding hydrogens is 650 g/mol. The number of rotatable bonds is 8. The number of sulfone groups is 1. The number of nitrogens with one attached hydrogen (secondary N) is 2. The quantitative estimate of drug-likeness (QED) is 0.268. The van der Waals surface area contributed by atoms with E-state index in [1.54, 1.807) is 30.3 Å². The Kier molecular flexibility index (Phi) is 9.36. The van der Waals surface area contributed by atoms with Crippen LogP contribution in [0.25, 0.3) is 11.6 Å². The van der Waals surface area contributed by atoms with Gasteiger partial charge in [0, 0.05) is 70.5 Å². The molecule has 2 amide bonds. The van der Waals surface area contributed by atoms with Crippen molar-refractivity contribution >= 4 is 62.2 Å². The van der Waals surface area contributed by atoms with E-state index in [-0.39, 0.29) is 45.0 Å². The first-order valence-corrected chi connectivity index (χ1v) is 18.0. The lowest BCUT2D eigenvalue weighted by atomic mass is 10.0. The molecular formula is C34H37Cl2FN4O4S. The van der Waals surface area contributed by atoms with Crippen LogP contribution < -0.4 is 5.32 Å². The van der Waals surface area contributed by atoms with Crippen molar-refractivity contribution in [3.63, 3.8) is 0 Å². The Morgan fingerprint density at radius 3 is 2.48 bits per heavy atom. The maximum Gasteiger partial charge on any atom is 0.256 e. The molecule has 0 spiro atoms. The minimum Gasteiger partial charge on any atom is -0.359 e. The summed E-state index contributed by atoms with van der Waals surface area (Å²) in [6, 6.07) is 9.51. The van der Waals surface area contributed by atoms with Crippen molar-refractivity contribution in [3.05, 3.63) is 80.1 Å². The molecule has 3 aliphatic rings. The number of halogens is 3. The van der Waals surface area contributed by atoms with Crippen molar-refractivity contribution in [1.29, 1.82) is 0 Å².